The summed E-state index contributed by atoms with van der Waals surface area (Å²) in [7, 11) is 0. The number of amides is 1. The summed E-state index contributed by atoms with van der Waals surface area (Å²) >= 11 is 1.49. The fourth-order valence-corrected chi connectivity index (χ4v) is 4.49. The summed E-state index contributed by atoms with van der Waals surface area (Å²) in [5, 5.41) is 11.2. The highest BCUT2D eigenvalue weighted by molar-refractivity contribution is 8.00. The molecule has 0 saturated heterocycles. The van der Waals surface area contributed by atoms with Crippen molar-refractivity contribution in [1.82, 2.24) is 20.2 Å². The summed E-state index contributed by atoms with van der Waals surface area (Å²) in [6.45, 7) is 4.17. The molecule has 1 aliphatic rings. The molecule has 2 heterocycles. The Morgan fingerprint density at radius 1 is 1.17 bits per heavy atom. The predicted octanol–water partition coefficient (Wildman–Crippen LogP) is 4.52. The van der Waals surface area contributed by atoms with Gasteiger partial charge in [-0.3, -0.25) is 4.79 Å². The van der Waals surface area contributed by atoms with E-state index in [-0.39, 0.29) is 11.2 Å². The van der Waals surface area contributed by atoms with Crippen LogP contribution in [-0.4, -0.2) is 37.9 Å². The number of fused-ring (bicyclic) bond motifs is 1. The fraction of sp³-hybridized carbons (Fsp3) is 0.300. The van der Waals surface area contributed by atoms with Crippen molar-refractivity contribution in [2.75, 3.05) is 11.4 Å². The number of tetrazole rings is 1. The second-order valence-electron chi connectivity index (χ2n) is 7.11. The molecule has 4 rings (SSSR count). The molecule has 1 atom stereocenters. The second-order valence-corrected chi connectivity index (χ2v) is 8.59. The van der Waals surface area contributed by atoms with Crippen molar-refractivity contribution in [3.63, 3.8) is 0 Å². The summed E-state index contributed by atoms with van der Waals surface area (Å²) in [4.78, 5) is 15.4. The van der Waals surface area contributed by atoms with Crippen LogP contribution < -0.4 is 4.90 Å². The Bertz CT molecular complexity index is 1080. The topological polar surface area (TPSA) is 63.9 Å². The molecular weight excluding hydrogens is 415 g/mol. The van der Waals surface area contributed by atoms with Crippen molar-refractivity contribution in [1.29, 1.82) is 0 Å². The zero-order valence-corrected chi connectivity index (χ0v) is 17.0. The molecule has 2 aromatic carbocycles. The zero-order valence-electron chi connectivity index (χ0n) is 16.2. The van der Waals surface area contributed by atoms with Crippen LogP contribution in [0.1, 0.15) is 34.8 Å². The number of alkyl halides is 3. The third kappa shape index (κ3) is 3.91. The van der Waals surface area contributed by atoms with E-state index in [0.29, 0.717) is 29.1 Å². The Balaban J connectivity index is 1.73. The number of halogens is 3. The molecule has 1 aromatic heterocycles. The molecule has 6 nitrogen and oxygen atoms in total. The third-order valence-electron chi connectivity index (χ3n) is 4.95. The number of rotatable bonds is 2. The minimum atomic E-state index is -4.48. The van der Waals surface area contributed by atoms with E-state index in [2.05, 4.69) is 15.5 Å². The maximum atomic E-state index is 13.3. The molecule has 0 saturated carbocycles. The molecule has 30 heavy (non-hydrogen) atoms. The summed E-state index contributed by atoms with van der Waals surface area (Å²) < 4.78 is 41.4. The van der Waals surface area contributed by atoms with E-state index in [9.17, 15) is 18.0 Å². The second kappa shape index (κ2) is 7.75. The van der Waals surface area contributed by atoms with Gasteiger partial charge < -0.3 is 4.90 Å². The number of hydrogen-bond donors (Lipinski definition) is 0. The largest absolute Gasteiger partial charge is 0.416 e. The first-order chi connectivity index (χ1) is 14.2. The van der Waals surface area contributed by atoms with Gasteiger partial charge in [-0.05, 0) is 65.7 Å². The van der Waals surface area contributed by atoms with Crippen LogP contribution >= 0.6 is 11.8 Å². The number of hydrogen-bond acceptors (Lipinski definition) is 5. The highest BCUT2D eigenvalue weighted by atomic mass is 32.2. The molecule has 0 fully saturated rings. The van der Waals surface area contributed by atoms with Gasteiger partial charge in [0.25, 0.3) is 5.91 Å². The van der Waals surface area contributed by atoms with E-state index in [1.165, 1.54) is 33.7 Å². The standard InChI is InChI=1S/C20H18F3N5OS/c1-12-9-14(3-5-16(12)28-11-24-25-26-28)19(29)27-8-7-13(2)30-18-6-4-15(10-17(18)27)20(21,22)23/h3-6,9-11,13H,7-8H2,1-2H3. The van der Waals surface area contributed by atoms with Crippen LogP contribution in [0.5, 0.6) is 0 Å². The van der Waals surface area contributed by atoms with E-state index in [4.69, 9.17) is 0 Å². The van der Waals surface area contributed by atoms with E-state index >= 15 is 0 Å². The first kappa shape index (κ1) is 20.4. The van der Waals surface area contributed by atoms with Crippen molar-refractivity contribution in [3.05, 3.63) is 59.4 Å². The van der Waals surface area contributed by atoms with Crippen molar-refractivity contribution in [2.24, 2.45) is 0 Å². The van der Waals surface area contributed by atoms with Crippen LogP contribution in [-0.2, 0) is 6.18 Å². The number of benzene rings is 2. The monoisotopic (exact) mass is 433 g/mol. The minimum Gasteiger partial charge on any atom is -0.307 e. The number of anilines is 1. The Labute approximate surface area is 175 Å². The fourth-order valence-electron chi connectivity index (χ4n) is 3.40. The number of thioether (sulfide) groups is 1. The van der Waals surface area contributed by atoms with Crippen molar-refractivity contribution in [3.8, 4) is 5.69 Å². The molecule has 0 spiro atoms. The molecule has 1 unspecified atom stereocenters. The smallest absolute Gasteiger partial charge is 0.307 e. The Kier molecular flexibility index (Phi) is 5.27. The lowest BCUT2D eigenvalue weighted by Gasteiger charge is -2.24. The molecule has 10 heteroatoms. The van der Waals surface area contributed by atoms with Crippen LogP contribution in [0.4, 0.5) is 18.9 Å². The summed E-state index contributed by atoms with van der Waals surface area (Å²) in [6, 6.07) is 8.66. The number of aryl methyl sites for hydroxylation is 1. The first-order valence-corrected chi connectivity index (χ1v) is 10.2. The van der Waals surface area contributed by atoms with Gasteiger partial charge in [0.1, 0.15) is 6.33 Å². The molecule has 0 radical (unpaired) electrons. The van der Waals surface area contributed by atoms with Gasteiger partial charge in [0.15, 0.2) is 0 Å². The quantitative estimate of drug-likeness (QED) is 0.595. The molecule has 0 bridgehead atoms. The van der Waals surface area contributed by atoms with Gasteiger partial charge in [-0.2, -0.15) is 13.2 Å². The highest BCUT2D eigenvalue weighted by Gasteiger charge is 2.33. The maximum Gasteiger partial charge on any atom is 0.416 e. The lowest BCUT2D eigenvalue weighted by Crippen LogP contribution is -2.32. The molecule has 156 valence electrons. The van der Waals surface area contributed by atoms with Crippen LogP contribution in [0, 0.1) is 6.92 Å². The first-order valence-electron chi connectivity index (χ1n) is 9.28. The average Bonchev–Trinajstić information content (AvgIpc) is 3.16. The van der Waals surface area contributed by atoms with E-state index in [1.54, 1.807) is 18.2 Å². The van der Waals surface area contributed by atoms with Gasteiger partial charge in [0, 0.05) is 22.3 Å². The lowest BCUT2D eigenvalue weighted by atomic mass is 10.1. The van der Waals surface area contributed by atoms with E-state index < -0.39 is 11.7 Å². The van der Waals surface area contributed by atoms with Gasteiger partial charge in [0.05, 0.1) is 16.9 Å². The van der Waals surface area contributed by atoms with Crippen LogP contribution in [0.2, 0.25) is 0 Å². The molecule has 0 N–H and O–H groups in total. The van der Waals surface area contributed by atoms with Crippen molar-refractivity contribution < 1.29 is 18.0 Å². The van der Waals surface area contributed by atoms with Crippen molar-refractivity contribution in [2.45, 2.75) is 36.6 Å². The van der Waals surface area contributed by atoms with Gasteiger partial charge in [0.2, 0.25) is 0 Å². The summed E-state index contributed by atoms with van der Waals surface area (Å²) in [5.74, 6) is -0.336. The van der Waals surface area contributed by atoms with Crippen molar-refractivity contribution >= 4 is 23.4 Å². The Hall–Kier alpha value is -2.88. The average molecular weight is 433 g/mol. The van der Waals surface area contributed by atoms with Crippen LogP contribution in [0.25, 0.3) is 5.69 Å². The summed E-state index contributed by atoms with van der Waals surface area (Å²) in [5.41, 5.74) is 1.42. The number of carbonyl (C=O) groups is 1. The van der Waals surface area contributed by atoms with Crippen LogP contribution in [0.15, 0.2) is 47.6 Å². The third-order valence-corrected chi connectivity index (χ3v) is 6.19. The van der Waals surface area contributed by atoms with Gasteiger partial charge >= 0.3 is 6.18 Å². The zero-order chi connectivity index (χ0) is 21.5. The Morgan fingerprint density at radius 3 is 2.63 bits per heavy atom. The van der Waals surface area contributed by atoms with Crippen LogP contribution in [0.3, 0.4) is 0 Å². The maximum absolute atomic E-state index is 13.3. The van der Waals surface area contributed by atoms with Gasteiger partial charge in [-0.15, -0.1) is 16.9 Å². The normalized spacial score (nSPS) is 16.8. The SMILES string of the molecule is Cc1cc(C(=O)N2CCC(C)Sc3ccc(C(F)(F)F)cc32)ccc1-n1cnnn1. The van der Waals surface area contributed by atoms with E-state index in [1.807, 2.05) is 13.8 Å². The molecule has 1 aliphatic heterocycles. The highest BCUT2D eigenvalue weighted by Crippen LogP contribution is 2.41. The van der Waals surface area contributed by atoms with Gasteiger partial charge in [-0.25, -0.2) is 4.68 Å². The molecule has 3 aromatic rings. The minimum absolute atomic E-state index is 0.183. The molecule has 1 amide bonds. The molecular formula is C20H18F3N5OS. The number of nitrogens with zero attached hydrogens (tertiary/aromatic N) is 5. The predicted molar refractivity (Wildman–Crippen MR) is 107 cm³/mol. The summed E-state index contributed by atoms with van der Waals surface area (Å²) in [6.07, 6.45) is -2.35. The number of carbonyl (C=O) groups excluding carboxylic acids is 1. The number of aromatic nitrogens is 4. The van der Waals surface area contributed by atoms with Gasteiger partial charge in [-0.1, -0.05) is 6.92 Å². The lowest BCUT2D eigenvalue weighted by molar-refractivity contribution is -0.137. The van der Waals surface area contributed by atoms with E-state index in [0.717, 1.165) is 23.4 Å². The molecule has 0 aliphatic carbocycles. The Morgan fingerprint density at radius 2 is 1.97 bits per heavy atom.